The molecule has 0 saturated carbocycles. The topological polar surface area (TPSA) is 57.8 Å². The van der Waals surface area contributed by atoms with Gasteiger partial charge in [-0.05, 0) is 28.8 Å². The van der Waals surface area contributed by atoms with E-state index in [1.54, 1.807) is 12.1 Å². The van der Waals surface area contributed by atoms with E-state index >= 15 is 0 Å². The Balaban J connectivity index is 1.97. The molecule has 4 nitrogen and oxygen atoms in total. The monoisotopic (exact) mass is 281 g/mol. The fraction of sp³-hybridized carbons (Fsp3) is 0.118. The number of carbonyl (C=O) groups is 1. The van der Waals surface area contributed by atoms with Gasteiger partial charge in [-0.15, -0.1) is 5.73 Å². The lowest BCUT2D eigenvalue weighted by Gasteiger charge is -2.07. The van der Waals surface area contributed by atoms with Crippen molar-refractivity contribution in [3.63, 3.8) is 0 Å². The Labute approximate surface area is 123 Å². The highest BCUT2D eigenvalue weighted by atomic mass is 16.7. The van der Waals surface area contributed by atoms with Crippen LogP contribution >= 0.6 is 0 Å². The van der Waals surface area contributed by atoms with Crippen molar-refractivity contribution in [2.75, 3.05) is 6.79 Å². The largest absolute Gasteiger partial charge is 0.457 e. The Morgan fingerprint density at radius 3 is 2.14 bits per heavy atom. The number of esters is 1. The molecule has 0 spiro atoms. The maximum Gasteiger partial charge on any atom is 0.333 e. The van der Waals surface area contributed by atoms with E-state index in [1.807, 2.05) is 36.4 Å². The zero-order chi connectivity index (χ0) is 15.1. The van der Waals surface area contributed by atoms with Crippen molar-refractivity contribution in [3.8, 4) is 16.9 Å². The minimum absolute atomic E-state index is 0.0382. The van der Waals surface area contributed by atoms with Crippen molar-refractivity contribution < 1.29 is 14.3 Å². The molecule has 0 unspecified atom stereocenters. The lowest BCUT2D eigenvalue weighted by molar-refractivity contribution is -0.144. The summed E-state index contributed by atoms with van der Waals surface area (Å²) in [5.74, 6) is 0.0955. The first-order valence-electron chi connectivity index (χ1n) is 6.45. The molecule has 0 heterocycles. The minimum atomic E-state index is -0.518. The molecule has 2 aromatic carbocycles. The van der Waals surface area contributed by atoms with Gasteiger partial charge in [0.1, 0.15) is 5.75 Å². The second-order valence-corrected chi connectivity index (χ2v) is 4.31. The third-order valence-electron chi connectivity index (χ3n) is 2.92. The average molecular weight is 281 g/mol. The molecule has 0 aliphatic heterocycles. The number of carbonyl (C=O) groups excluding carboxylic acids is 1. The molecule has 21 heavy (non-hydrogen) atoms. The summed E-state index contributed by atoms with van der Waals surface area (Å²) < 4.78 is 10.0. The van der Waals surface area contributed by atoms with Crippen molar-refractivity contribution in [1.29, 1.82) is 0 Å². The molecule has 4 heteroatoms. The Hall–Kier alpha value is -2.59. The van der Waals surface area contributed by atoms with E-state index in [0.29, 0.717) is 5.75 Å². The Morgan fingerprint density at radius 1 is 1.05 bits per heavy atom. The summed E-state index contributed by atoms with van der Waals surface area (Å²) in [6.07, 6.45) is 1.09. The highest BCUT2D eigenvalue weighted by molar-refractivity contribution is 5.81. The lowest BCUT2D eigenvalue weighted by atomic mass is 10.0. The Morgan fingerprint density at radius 2 is 1.62 bits per heavy atom. The van der Waals surface area contributed by atoms with Crippen LogP contribution in [0.5, 0.6) is 5.75 Å². The predicted octanol–water partition coefficient (Wildman–Crippen LogP) is 2.99. The third kappa shape index (κ3) is 4.19. The first-order valence-corrected chi connectivity index (χ1v) is 6.45. The molecule has 0 saturated heterocycles. The summed E-state index contributed by atoms with van der Waals surface area (Å²) in [7, 11) is 0. The van der Waals surface area contributed by atoms with Crippen molar-refractivity contribution >= 4 is 5.97 Å². The molecule has 0 bridgehead atoms. The summed E-state index contributed by atoms with van der Waals surface area (Å²) in [5, 5.41) is 0. The van der Waals surface area contributed by atoms with Crippen LogP contribution in [0.1, 0.15) is 5.56 Å². The summed E-state index contributed by atoms with van der Waals surface area (Å²) in [5.41, 5.74) is 12.0. The first-order chi connectivity index (χ1) is 10.2. The van der Waals surface area contributed by atoms with Gasteiger partial charge < -0.3 is 9.47 Å². The van der Waals surface area contributed by atoms with Gasteiger partial charge in [-0.1, -0.05) is 43.0 Å². The SMILES string of the molecule is C=CC(=O)OCOc1ccc(-c2ccc(C[N])cc2)cc1. The van der Waals surface area contributed by atoms with Crippen LogP contribution in [0.15, 0.2) is 61.2 Å². The molecule has 0 aromatic heterocycles. The van der Waals surface area contributed by atoms with Crippen LogP contribution in [0, 0.1) is 0 Å². The smallest absolute Gasteiger partial charge is 0.333 e. The second kappa shape index (κ2) is 7.26. The molecular weight excluding hydrogens is 266 g/mol. The van der Waals surface area contributed by atoms with Crippen LogP contribution in [0.4, 0.5) is 0 Å². The van der Waals surface area contributed by atoms with Gasteiger partial charge in [0.15, 0.2) is 0 Å². The van der Waals surface area contributed by atoms with Crippen LogP contribution in [-0.2, 0) is 16.1 Å². The molecule has 0 aliphatic carbocycles. The first kappa shape index (κ1) is 14.8. The number of ether oxygens (including phenoxy) is 2. The Kier molecular flexibility index (Phi) is 5.12. The van der Waals surface area contributed by atoms with E-state index in [-0.39, 0.29) is 13.3 Å². The summed E-state index contributed by atoms with van der Waals surface area (Å²) in [4.78, 5) is 10.9. The van der Waals surface area contributed by atoms with E-state index in [1.165, 1.54) is 0 Å². The standard InChI is InChI=1S/C17H15NO3/c1-2-17(19)21-12-20-16-9-7-15(8-10-16)14-5-3-13(11-18)4-6-14/h2-10H,1,11-12H2. The van der Waals surface area contributed by atoms with Crippen LogP contribution in [-0.4, -0.2) is 12.8 Å². The zero-order valence-corrected chi connectivity index (χ0v) is 11.5. The van der Waals surface area contributed by atoms with E-state index in [9.17, 15) is 4.79 Å². The zero-order valence-electron chi connectivity index (χ0n) is 11.5. The fourth-order valence-corrected chi connectivity index (χ4v) is 1.76. The Bertz CT molecular complexity index is 603. The maximum absolute atomic E-state index is 10.9. The number of benzene rings is 2. The molecule has 106 valence electrons. The molecular formula is C17H15NO3. The van der Waals surface area contributed by atoms with Crippen LogP contribution in [0.2, 0.25) is 0 Å². The molecule has 0 atom stereocenters. The number of hydrogen-bond donors (Lipinski definition) is 0. The van der Waals surface area contributed by atoms with Gasteiger partial charge >= 0.3 is 5.97 Å². The second-order valence-electron chi connectivity index (χ2n) is 4.31. The average Bonchev–Trinajstić information content (AvgIpc) is 2.55. The van der Waals surface area contributed by atoms with Crippen molar-refractivity contribution in [2.24, 2.45) is 0 Å². The predicted molar refractivity (Wildman–Crippen MR) is 79.5 cm³/mol. The highest BCUT2D eigenvalue weighted by Crippen LogP contribution is 2.22. The minimum Gasteiger partial charge on any atom is -0.457 e. The van der Waals surface area contributed by atoms with E-state index in [2.05, 4.69) is 6.58 Å². The van der Waals surface area contributed by atoms with Gasteiger partial charge in [-0.2, -0.15) is 0 Å². The third-order valence-corrected chi connectivity index (χ3v) is 2.92. The van der Waals surface area contributed by atoms with Crippen LogP contribution in [0.25, 0.3) is 11.1 Å². The maximum atomic E-state index is 10.9. The highest BCUT2D eigenvalue weighted by Gasteiger charge is 2.00. The quantitative estimate of drug-likeness (QED) is 0.464. The molecule has 0 amide bonds. The van der Waals surface area contributed by atoms with Gasteiger partial charge in [0, 0.05) is 6.08 Å². The van der Waals surface area contributed by atoms with Gasteiger partial charge in [0.25, 0.3) is 0 Å². The summed E-state index contributed by atoms with van der Waals surface area (Å²) in [6, 6.07) is 15.1. The summed E-state index contributed by atoms with van der Waals surface area (Å²) >= 11 is 0. The molecule has 2 rings (SSSR count). The molecule has 0 aliphatic rings. The lowest BCUT2D eigenvalue weighted by Crippen LogP contribution is -2.07. The number of rotatable bonds is 6. The molecule has 0 fully saturated rings. The molecule has 2 radical (unpaired) electrons. The van der Waals surface area contributed by atoms with E-state index < -0.39 is 5.97 Å². The number of hydrogen-bond acceptors (Lipinski definition) is 3. The summed E-state index contributed by atoms with van der Waals surface area (Å²) in [6.45, 7) is 3.19. The van der Waals surface area contributed by atoms with E-state index in [4.69, 9.17) is 15.2 Å². The molecule has 0 N–H and O–H groups in total. The normalized spacial score (nSPS) is 9.95. The van der Waals surface area contributed by atoms with Crippen molar-refractivity contribution in [2.45, 2.75) is 6.54 Å². The van der Waals surface area contributed by atoms with Gasteiger partial charge in [-0.25, -0.2) is 4.79 Å². The van der Waals surface area contributed by atoms with Crippen LogP contribution < -0.4 is 10.5 Å². The van der Waals surface area contributed by atoms with E-state index in [0.717, 1.165) is 22.8 Å². The van der Waals surface area contributed by atoms with Crippen molar-refractivity contribution in [1.82, 2.24) is 5.73 Å². The van der Waals surface area contributed by atoms with Crippen molar-refractivity contribution in [3.05, 3.63) is 66.7 Å². The van der Waals surface area contributed by atoms with Gasteiger partial charge in [-0.3, -0.25) is 0 Å². The number of nitrogens with zero attached hydrogens (tertiary/aromatic N) is 1. The fourth-order valence-electron chi connectivity index (χ4n) is 1.76. The van der Waals surface area contributed by atoms with Gasteiger partial charge in [0.2, 0.25) is 6.79 Å². The van der Waals surface area contributed by atoms with Gasteiger partial charge in [0.05, 0.1) is 6.54 Å². The van der Waals surface area contributed by atoms with Crippen LogP contribution in [0.3, 0.4) is 0 Å². The molecule has 2 aromatic rings.